The van der Waals surface area contributed by atoms with E-state index in [9.17, 15) is 8.78 Å². The summed E-state index contributed by atoms with van der Waals surface area (Å²) in [6.45, 7) is 0. The fourth-order valence-electron chi connectivity index (χ4n) is 6.28. The maximum atomic E-state index is 14.2. The van der Waals surface area contributed by atoms with Crippen molar-refractivity contribution in [1.29, 1.82) is 0 Å². The van der Waals surface area contributed by atoms with E-state index in [-0.39, 0.29) is 0 Å². The van der Waals surface area contributed by atoms with Crippen LogP contribution in [0.3, 0.4) is 0 Å². The van der Waals surface area contributed by atoms with Gasteiger partial charge in [0.2, 0.25) is 0 Å². The highest BCUT2D eigenvalue weighted by atomic mass is 19.1. The van der Waals surface area contributed by atoms with Crippen LogP contribution in [-0.4, -0.2) is 0 Å². The molecule has 0 unspecified atom stereocenters. The van der Waals surface area contributed by atoms with Crippen LogP contribution in [0.1, 0.15) is 0 Å². The van der Waals surface area contributed by atoms with Gasteiger partial charge in [-0.05, 0) is 94.3 Å². The molecule has 0 aliphatic heterocycles. The van der Waals surface area contributed by atoms with Crippen LogP contribution >= 0.6 is 0 Å². The fraction of sp³-hybridized carbons (Fsp3) is 0. The van der Waals surface area contributed by atoms with Gasteiger partial charge in [0.05, 0.1) is 0 Å². The summed E-state index contributed by atoms with van der Waals surface area (Å²) in [5.74, 6) is -1.15. The van der Waals surface area contributed by atoms with Crippen LogP contribution in [0, 0.1) is 11.6 Å². The highest BCUT2D eigenvalue weighted by Gasteiger charge is 2.18. The van der Waals surface area contributed by atoms with E-state index in [2.05, 4.69) is 97.1 Å². The zero-order valence-electron chi connectivity index (χ0n) is 20.3. The van der Waals surface area contributed by atoms with Crippen LogP contribution in [-0.2, 0) is 0 Å². The van der Waals surface area contributed by atoms with E-state index >= 15 is 0 Å². The smallest absolute Gasteiger partial charge is 0.126 e. The largest absolute Gasteiger partial charge is 0.207 e. The molecule has 0 aliphatic rings. The summed E-state index contributed by atoms with van der Waals surface area (Å²) < 4.78 is 28.3. The van der Waals surface area contributed by atoms with Crippen molar-refractivity contribution in [2.24, 2.45) is 0 Å². The molecule has 0 radical (unpaired) electrons. The Morgan fingerprint density at radius 1 is 0.368 bits per heavy atom. The van der Waals surface area contributed by atoms with E-state index in [1.807, 2.05) is 6.07 Å². The number of rotatable bonds is 2. The number of halogens is 2. The quantitative estimate of drug-likeness (QED) is 0.167. The molecule has 0 fully saturated rings. The number of fused-ring (bicyclic) bond motifs is 2. The summed E-state index contributed by atoms with van der Waals surface area (Å²) in [5.41, 5.74) is 3.78. The highest BCUT2D eigenvalue weighted by Crippen LogP contribution is 2.45. The Kier molecular flexibility index (Phi) is 4.39. The van der Waals surface area contributed by atoms with E-state index in [1.165, 1.54) is 55.6 Å². The molecule has 0 aromatic heterocycles. The first-order valence-corrected chi connectivity index (χ1v) is 12.7. The zero-order valence-corrected chi connectivity index (χ0v) is 20.3. The molecule has 178 valence electrons. The Hall–Kier alpha value is -4.82. The van der Waals surface area contributed by atoms with Crippen LogP contribution < -0.4 is 0 Å². The molecule has 0 saturated heterocycles. The van der Waals surface area contributed by atoms with Gasteiger partial charge in [-0.15, -0.1) is 0 Å². The van der Waals surface area contributed by atoms with Gasteiger partial charge in [-0.1, -0.05) is 97.1 Å². The van der Waals surface area contributed by atoms with Gasteiger partial charge >= 0.3 is 0 Å². The maximum Gasteiger partial charge on any atom is 0.126 e. The van der Waals surface area contributed by atoms with E-state index in [4.69, 9.17) is 0 Å². The first kappa shape index (κ1) is 21.3. The average molecular weight is 491 g/mol. The van der Waals surface area contributed by atoms with Crippen molar-refractivity contribution in [3.63, 3.8) is 0 Å². The number of benzene rings is 8. The fourth-order valence-corrected chi connectivity index (χ4v) is 6.28. The van der Waals surface area contributed by atoms with Crippen molar-refractivity contribution in [2.75, 3.05) is 0 Å². The van der Waals surface area contributed by atoms with Gasteiger partial charge < -0.3 is 0 Å². The lowest BCUT2D eigenvalue weighted by molar-refractivity contribution is 0.584. The van der Waals surface area contributed by atoms with Crippen molar-refractivity contribution in [3.8, 4) is 22.3 Å². The van der Waals surface area contributed by atoms with Crippen LogP contribution in [0.2, 0.25) is 0 Å². The second-order valence-electron chi connectivity index (χ2n) is 10.0. The van der Waals surface area contributed by atoms with Crippen molar-refractivity contribution in [2.45, 2.75) is 0 Å². The summed E-state index contributed by atoms with van der Waals surface area (Å²) in [6, 6.07) is 40.1. The average Bonchev–Trinajstić information content (AvgIpc) is 2.94. The van der Waals surface area contributed by atoms with Crippen molar-refractivity contribution in [3.05, 3.63) is 133 Å². The molecule has 0 nitrogen and oxygen atoms in total. The van der Waals surface area contributed by atoms with Crippen LogP contribution in [0.5, 0.6) is 0 Å². The third kappa shape index (κ3) is 3.01. The van der Waals surface area contributed by atoms with Crippen LogP contribution in [0.15, 0.2) is 121 Å². The third-order valence-electron chi connectivity index (χ3n) is 7.88. The molecular weight excluding hydrogens is 470 g/mol. The van der Waals surface area contributed by atoms with Gasteiger partial charge in [-0.25, -0.2) is 8.78 Å². The number of hydrogen-bond acceptors (Lipinski definition) is 0. The zero-order chi connectivity index (χ0) is 25.4. The third-order valence-corrected chi connectivity index (χ3v) is 7.88. The van der Waals surface area contributed by atoms with Gasteiger partial charge in [0, 0.05) is 6.07 Å². The summed E-state index contributed by atoms with van der Waals surface area (Å²) in [6.07, 6.45) is 0. The van der Waals surface area contributed by atoms with Gasteiger partial charge in [-0.3, -0.25) is 0 Å². The Morgan fingerprint density at radius 3 is 1.47 bits per heavy atom. The van der Waals surface area contributed by atoms with Crippen LogP contribution in [0.4, 0.5) is 8.78 Å². The van der Waals surface area contributed by atoms with Crippen molar-refractivity contribution in [1.82, 2.24) is 0 Å². The first-order valence-electron chi connectivity index (χ1n) is 12.7. The summed E-state index contributed by atoms with van der Waals surface area (Å²) in [5, 5.41) is 11.6. The van der Waals surface area contributed by atoms with Gasteiger partial charge in [0.1, 0.15) is 11.6 Å². The highest BCUT2D eigenvalue weighted by molar-refractivity contribution is 6.29. The Balaban J connectivity index is 1.52. The summed E-state index contributed by atoms with van der Waals surface area (Å²) in [7, 11) is 0. The van der Waals surface area contributed by atoms with Gasteiger partial charge in [-0.2, -0.15) is 0 Å². The SMILES string of the molecule is Fc1cc(F)cc(-c2ccc3ccc4c(-c5c6ccccc6cc6ccccc56)ccc5ccc2c3c54)c1. The van der Waals surface area contributed by atoms with E-state index < -0.39 is 11.6 Å². The molecule has 8 aromatic carbocycles. The van der Waals surface area contributed by atoms with Gasteiger partial charge in [0.15, 0.2) is 0 Å². The lowest BCUT2D eigenvalue weighted by atomic mass is 9.85. The Morgan fingerprint density at radius 2 is 0.868 bits per heavy atom. The van der Waals surface area contributed by atoms with E-state index in [0.29, 0.717) is 5.56 Å². The summed E-state index contributed by atoms with van der Waals surface area (Å²) in [4.78, 5) is 0. The minimum atomic E-state index is -0.573. The minimum Gasteiger partial charge on any atom is -0.207 e. The predicted octanol–water partition coefficient (Wildman–Crippen LogP) is 10.5. The molecule has 0 saturated carbocycles. The monoisotopic (exact) mass is 490 g/mol. The molecule has 0 spiro atoms. The molecule has 0 N–H and O–H groups in total. The lowest BCUT2D eigenvalue weighted by Gasteiger charge is -2.18. The molecule has 0 atom stereocenters. The normalized spacial score (nSPS) is 11.9. The molecule has 8 rings (SSSR count). The van der Waals surface area contributed by atoms with E-state index in [0.717, 1.165) is 33.2 Å². The molecule has 0 bridgehead atoms. The number of hydrogen-bond donors (Lipinski definition) is 0. The second kappa shape index (κ2) is 7.84. The lowest BCUT2D eigenvalue weighted by Crippen LogP contribution is -1.91. The standard InChI is InChI=1S/C36H20F2/c37-26-18-25(19-27(38)20-26)28-13-9-21-11-15-32-33(16-12-22-10-14-31(28)34(21)35(22)32)36-29-7-3-1-5-23(29)17-24-6-2-4-8-30(24)36/h1-20H. The minimum absolute atomic E-state index is 0.542. The molecular formula is C36H20F2. The molecule has 0 aliphatic carbocycles. The molecule has 0 amide bonds. The van der Waals surface area contributed by atoms with E-state index in [1.54, 1.807) is 0 Å². The first-order chi connectivity index (χ1) is 18.7. The van der Waals surface area contributed by atoms with Crippen molar-refractivity contribution >= 4 is 53.9 Å². The topological polar surface area (TPSA) is 0 Å². The predicted molar refractivity (Wildman–Crippen MR) is 156 cm³/mol. The van der Waals surface area contributed by atoms with Gasteiger partial charge in [0.25, 0.3) is 0 Å². The summed E-state index contributed by atoms with van der Waals surface area (Å²) >= 11 is 0. The maximum absolute atomic E-state index is 14.2. The second-order valence-corrected chi connectivity index (χ2v) is 10.0. The molecule has 2 heteroatoms. The molecule has 38 heavy (non-hydrogen) atoms. The molecule has 8 aromatic rings. The Labute approximate surface area is 217 Å². The van der Waals surface area contributed by atoms with Crippen molar-refractivity contribution < 1.29 is 8.78 Å². The molecule has 0 heterocycles. The van der Waals surface area contributed by atoms with Crippen LogP contribution in [0.25, 0.3) is 76.1 Å². The Bertz CT molecular complexity index is 2130.